The van der Waals surface area contributed by atoms with Gasteiger partial charge in [0.15, 0.2) is 0 Å². The fourth-order valence-corrected chi connectivity index (χ4v) is 2.00. The van der Waals surface area contributed by atoms with E-state index in [0.717, 1.165) is 38.4 Å². The third-order valence-electron chi connectivity index (χ3n) is 2.91. The summed E-state index contributed by atoms with van der Waals surface area (Å²) in [4.78, 5) is 19.8. The largest absolute Gasteiger partial charge is 0.355 e. The number of hydrogen-bond acceptors (Lipinski definition) is 3. The molecule has 1 aliphatic rings. The molecule has 0 saturated carbocycles. The van der Waals surface area contributed by atoms with E-state index in [4.69, 9.17) is 0 Å². The van der Waals surface area contributed by atoms with Crippen LogP contribution in [0.15, 0.2) is 24.4 Å². The summed E-state index contributed by atoms with van der Waals surface area (Å²) in [6, 6.07) is 5.93. The molecule has 1 aliphatic heterocycles. The first kappa shape index (κ1) is 10.9. The lowest BCUT2D eigenvalue weighted by Crippen LogP contribution is -2.33. The fourth-order valence-electron chi connectivity index (χ4n) is 2.00. The predicted octanol–water partition coefficient (Wildman–Crippen LogP) is 1.14. The molecule has 0 unspecified atom stereocenters. The van der Waals surface area contributed by atoms with Gasteiger partial charge in [0.2, 0.25) is 5.91 Å². The lowest BCUT2D eigenvalue weighted by atomic mass is 10.3. The standard InChI is InChI=1S/C12H17N3O/c1-11(16)14-7-4-8-15(10-9-14)12-5-2-3-6-13-12/h2-3,5-6H,4,7-10H2,1H3. The summed E-state index contributed by atoms with van der Waals surface area (Å²) in [7, 11) is 0. The Labute approximate surface area is 95.9 Å². The van der Waals surface area contributed by atoms with Crippen LogP contribution in [-0.2, 0) is 4.79 Å². The summed E-state index contributed by atoms with van der Waals surface area (Å²) in [6.45, 7) is 5.14. The number of rotatable bonds is 1. The van der Waals surface area contributed by atoms with Gasteiger partial charge in [0.25, 0.3) is 0 Å². The topological polar surface area (TPSA) is 36.4 Å². The van der Waals surface area contributed by atoms with Crippen molar-refractivity contribution in [3.8, 4) is 0 Å². The van der Waals surface area contributed by atoms with Gasteiger partial charge >= 0.3 is 0 Å². The van der Waals surface area contributed by atoms with Gasteiger partial charge in [0, 0.05) is 39.3 Å². The Morgan fingerprint density at radius 2 is 2.12 bits per heavy atom. The zero-order valence-electron chi connectivity index (χ0n) is 9.59. The molecule has 0 aromatic carbocycles. The number of amides is 1. The van der Waals surface area contributed by atoms with Crippen molar-refractivity contribution in [2.75, 3.05) is 31.1 Å². The third-order valence-corrected chi connectivity index (χ3v) is 2.91. The van der Waals surface area contributed by atoms with E-state index in [2.05, 4.69) is 9.88 Å². The van der Waals surface area contributed by atoms with Gasteiger partial charge in [-0.25, -0.2) is 4.98 Å². The van der Waals surface area contributed by atoms with Crippen molar-refractivity contribution in [3.63, 3.8) is 0 Å². The molecule has 1 saturated heterocycles. The summed E-state index contributed by atoms with van der Waals surface area (Å²) >= 11 is 0. The SMILES string of the molecule is CC(=O)N1CCCN(c2ccccn2)CC1. The van der Waals surface area contributed by atoms with E-state index in [0.29, 0.717) is 0 Å². The van der Waals surface area contributed by atoms with Crippen LogP contribution in [-0.4, -0.2) is 42.0 Å². The van der Waals surface area contributed by atoms with Gasteiger partial charge in [-0.3, -0.25) is 4.79 Å². The summed E-state index contributed by atoms with van der Waals surface area (Å²) in [5, 5.41) is 0. The Morgan fingerprint density at radius 3 is 2.81 bits per heavy atom. The number of aromatic nitrogens is 1. The highest BCUT2D eigenvalue weighted by Gasteiger charge is 2.16. The average molecular weight is 219 g/mol. The van der Waals surface area contributed by atoms with E-state index >= 15 is 0 Å². The van der Waals surface area contributed by atoms with Crippen molar-refractivity contribution in [2.45, 2.75) is 13.3 Å². The quantitative estimate of drug-likeness (QED) is 0.710. The van der Waals surface area contributed by atoms with E-state index in [1.165, 1.54) is 0 Å². The number of carbonyl (C=O) groups excluding carboxylic acids is 1. The summed E-state index contributed by atoms with van der Waals surface area (Å²) < 4.78 is 0. The van der Waals surface area contributed by atoms with E-state index < -0.39 is 0 Å². The number of hydrogen-bond donors (Lipinski definition) is 0. The Bertz CT molecular complexity index is 353. The van der Waals surface area contributed by atoms with Gasteiger partial charge in [-0.15, -0.1) is 0 Å². The maximum atomic E-state index is 11.3. The van der Waals surface area contributed by atoms with Gasteiger partial charge in [0.05, 0.1) is 0 Å². The molecular formula is C12H17N3O. The van der Waals surface area contributed by atoms with Crippen LogP contribution in [0, 0.1) is 0 Å². The van der Waals surface area contributed by atoms with Crippen LogP contribution < -0.4 is 4.90 Å². The summed E-state index contributed by atoms with van der Waals surface area (Å²) in [5.74, 6) is 1.18. The molecule has 1 amide bonds. The molecule has 0 aliphatic carbocycles. The molecule has 4 nitrogen and oxygen atoms in total. The minimum absolute atomic E-state index is 0.169. The van der Waals surface area contributed by atoms with Crippen LogP contribution in [0.1, 0.15) is 13.3 Å². The Hall–Kier alpha value is -1.58. The van der Waals surface area contributed by atoms with Crippen molar-refractivity contribution < 1.29 is 4.79 Å². The van der Waals surface area contributed by atoms with Crippen molar-refractivity contribution in [1.29, 1.82) is 0 Å². The van der Waals surface area contributed by atoms with Crippen LogP contribution in [0.4, 0.5) is 5.82 Å². The zero-order chi connectivity index (χ0) is 11.4. The van der Waals surface area contributed by atoms with Gasteiger partial charge in [-0.1, -0.05) is 6.07 Å². The molecule has 2 heterocycles. The number of anilines is 1. The van der Waals surface area contributed by atoms with E-state index in [1.54, 1.807) is 6.92 Å². The van der Waals surface area contributed by atoms with Crippen molar-refractivity contribution >= 4 is 11.7 Å². The highest BCUT2D eigenvalue weighted by atomic mass is 16.2. The number of pyridine rings is 1. The van der Waals surface area contributed by atoms with Gasteiger partial charge in [0.1, 0.15) is 5.82 Å². The molecule has 86 valence electrons. The molecule has 0 spiro atoms. The monoisotopic (exact) mass is 219 g/mol. The molecule has 4 heteroatoms. The second-order valence-electron chi connectivity index (χ2n) is 4.03. The average Bonchev–Trinajstić information content (AvgIpc) is 2.55. The maximum Gasteiger partial charge on any atom is 0.219 e. The Balaban J connectivity index is 2.02. The zero-order valence-corrected chi connectivity index (χ0v) is 9.59. The van der Waals surface area contributed by atoms with Gasteiger partial charge < -0.3 is 9.80 Å². The summed E-state index contributed by atoms with van der Waals surface area (Å²) in [5.41, 5.74) is 0. The van der Waals surface area contributed by atoms with Crippen molar-refractivity contribution in [1.82, 2.24) is 9.88 Å². The Kier molecular flexibility index (Phi) is 3.39. The second kappa shape index (κ2) is 4.96. The van der Waals surface area contributed by atoms with E-state index in [1.807, 2.05) is 29.3 Å². The molecule has 16 heavy (non-hydrogen) atoms. The first-order valence-corrected chi connectivity index (χ1v) is 5.69. The number of carbonyl (C=O) groups is 1. The molecular weight excluding hydrogens is 202 g/mol. The minimum atomic E-state index is 0.169. The van der Waals surface area contributed by atoms with E-state index in [-0.39, 0.29) is 5.91 Å². The van der Waals surface area contributed by atoms with Crippen LogP contribution in [0.2, 0.25) is 0 Å². The lowest BCUT2D eigenvalue weighted by Gasteiger charge is -2.21. The lowest BCUT2D eigenvalue weighted by molar-refractivity contribution is -0.128. The first-order chi connectivity index (χ1) is 7.77. The normalized spacial score (nSPS) is 17.1. The van der Waals surface area contributed by atoms with Crippen LogP contribution in [0.5, 0.6) is 0 Å². The molecule has 1 aromatic rings. The summed E-state index contributed by atoms with van der Waals surface area (Å²) in [6.07, 6.45) is 2.82. The fraction of sp³-hybridized carbons (Fsp3) is 0.500. The maximum absolute atomic E-state index is 11.3. The number of nitrogens with zero attached hydrogens (tertiary/aromatic N) is 3. The van der Waals surface area contributed by atoms with Gasteiger partial charge in [-0.05, 0) is 18.6 Å². The molecule has 1 fully saturated rings. The molecule has 0 atom stereocenters. The first-order valence-electron chi connectivity index (χ1n) is 5.69. The second-order valence-corrected chi connectivity index (χ2v) is 4.03. The molecule has 0 bridgehead atoms. The van der Waals surface area contributed by atoms with Crippen LogP contribution >= 0.6 is 0 Å². The molecule has 2 rings (SSSR count). The highest BCUT2D eigenvalue weighted by Crippen LogP contribution is 2.12. The third kappa shape index (κ3) is 2.51. The minimum Gasteiger partial charge on any atom is -0.355 e. The van der Waals surface area contributed by atoms with Crippen molar-refractivity contribution in [2.24, 2.45) is 0 Å². The van der Waals surface area contributed by atoms with Crippen LogP contribution in [0.25, 0.3) is 0 Å². The Morgan fingerprint density at radius 1 is 1.25 bits per heavy atom. The highest BCUT2D eigenvalue weighted by molar-refractivity contribution is 5.73. The van der Waals surface area contributed by atoms with Crippen molar-refractivity contribution in [3.05, 3.63) is 24.4 Å². The predicted molar refractivity (Wildman–Crippen MR) is 63.3 cm³/mol. The van der Waals surface area contributed by atoms with Gasteiger partial charge in [-0.2, -0.15) is 0 Å². The van der Waals surface area contributed by atoms with E-state index in [9.17, 15) is 4.79 Å². The molecule has 0 radical (unpaired) electrons. The molecule has 0 N–H and O–H groups in total. The van der Waals surface area contributed by atoms with Crippen LogP contribution in [0.3, 0.4) is 0 Å². The molecule has 1 aromatic heterocycles. The smallest absolute Gasteiger partial charge is 0.219 e.